The van der Waals surface area contributed by atoms with Gasteiger partial charge in [0.15, 0.2) is 0 Å². The van der Waals surface area contributed by atoms with Gasteiger partial charge in [0, 0.05) is 6.20 Å². The molecule has 13 heavy (non-hydrogen) atoms. The number of H-pyrrole nitrogens is 1. The summed E-state index contributed by atoms with van der Waals surface area (Å²) >= 11 is 0. The van der Waals surface area contributed by atoms with Crippen LogP contribution < -0.4 is 0 Å². The van der Waals surface area contributed by atoms with Crippen LogP contribution in [-0.4, -0.2) is 26.0 Å². The number of carboxylic acid groups (broad SMARTS) is 1. The fourth-order valence-corrected chi connectivity index (χ4v) is 1.16. The van der Waals surface area contributed by atoms with E-state index >= 15 is 0 Å². The fraction of sp³-hybridized carbons (Fsp3) is 0.125. The number of aromatic nitrogens is 3. The van der Waals surface area contributed by atoms with Crippen molar-refractivity contribution in [3.8, 4) is 0 Å². The molecular weight excluding hydrogens is 170 g/mol. The molecule has 0 amide bonds. The molecule has 0 radical (unpaired) electrons. The van der Waals surface area contributed by atoms with Gasteiger partial charge in [-0.3, -0.25) is 0 Å². The summed E-state index contributed by atoms with van der Waals surface area (Å²) in [4.78, 5) is 21.5. The predicted octanol–water partition coefficient (Wildman–Crippen LogP) is 0.965. The number of hydrogen-bond donors (Lipinski definition) is 2. The minimum atomic E-state index is -0.982. The van der Waals surface area contributed by atoms with Gasteiger partial charge in [0.05, 0.1) is 11.7 Å². The molecule has 0 saturated heterocycles. The predicted molar refractivity (Wildman–Crippen MR) is 45.6 cm³/mol. The minimum absolute atomic E-state index is 0.181. The number of aryl methyl sites for hydroxylation is 1. The van der Waals surface area contributed by atoms with E-state index in [-0.39, 0.29) is 5.56 Å². The molecule has 0 fully saturated rings. The van der Waals surface area contributed by atoms with E-state index in [1.165, 1.54) is 6.20 Å². The maximum Gasteiger partial charge on any atom is 0.339 e. The summed E-state index contributed by atoms with van der Waals surface area (Å²) in [5, 5.41) is 8.78. The first kappa shape index (κ1) is 7.72. The quantitative estimate of drug-likeness (QED) is 0.680. The molecule has 2 rings (SSSR count). The third-order valence-corrected chi connectivity index (χ3v) is 1.77. The van der Waals surface area contributed by atoms with Gasteiger partial charge in [0.25, 0.3) is 0 Å². The molecule has 2 N–H and O–H groups in total. The van der Waals surface area contributed by atoms with Gasteiger partial charge in [-0.1, -0.05) is 0 Å². The Kier molecular flexibility index (Phi) is 1.51. The van der Waals surface area contributed by atoms with Crippen molar-refractivity contribution in [2.24, 2.45) is 0 Å². The highest BCUT2D eigenvalue weighted by Crippen LogP contribution is 2.14. The first-order valence-electron chi connectivity index (χ1n) is 3.72. The SMILES string of the molecule is Cc1ncc2[nH]cc(C(=O)O)c2n1. The molecule has 2 aromatic heterocycles. The molecule has 0 aliphatic heterocycles. The monoisotopic (exact) mass is 177 g/mol. The lowest BCUT2D eigenvalue weighted by Crippen LogP contribution is -1.96. The summed E-state index contributed by atoms with van der Waals surface area (Å²) in [7, 11) is 0. The van der Waals surface area contributed by atoms with Gasteiger partial charge >= 0.3 is 5.97 Å². The van der Waals surface area contributed by atoms with Crippen molar-refractivity contribution < 1.29 is 9.90 Å². The average Bonchev–Trinajstić information content (AvgIpc) is 2.46. The van der Waals surface area contributed by atoms with Crippen LogP contribution in [0.1, 0.15) is 16.2 Å². The van der Waals surface area contributed by atoms with Crippen molar-refractivity contribution in [2.75, 3.05) is 0 Å². The smallest absolute Gasteiger partial charge is 0.339 e. The summed E-state index contributed by atoms with van der Waals surface area (Å²) in [5.74, 6) is -0.418. The van der Waals surface area contributed by atoms with Gasteiger partial charge in [0.1, 0.15) is 16.9 Å². The van der Waals surface area contributed by atoms with E-state index in [0.717, 1.165) is 0 Å². The zero-order chi connectivity index (χ0) is 9.42. The third-order valence-electron chi connectivity index (χ3n) is 1.77. The molecule has 0 unspecified atom stereocenters. The molecule has 2 heterocycles. The lowest BCUT2D eigenvalue weighted by molar-refractivity contribution is 0.0699. The lowest BCUT2D eigenvalue weighted by atomic mass is 10.3. The molecule has 0 saturated carbocycles. The Bertz CT molecular complexity index is 475. The second-order valence-corrected chi connectivity index (χ2v) is 2.69. The van der Waals surface area contributed by atoms with Crippen LogP contribution in [0.3, 0.4) is 0 Å². The van der Waals surface area contributed by atoms with Crippen LogP contribution in [0.4, 0.5) is 0 Å². The van der Waals surface area contributed by atoms with E-state index in [2.05, 4.69) is 15.0 Å². The number of nitrogens with zero attached hydrogens (tertiary/aromatic N) is 2. The van der Waals surface area contributed by atoms with Crippen LogP contribution in [0.5, 0.6) is 0 Å². The number of aromatic amines is 1. The summed E-state index contributed by atoms with van der Waals surface area (Å²) in [6.07, 6.45) is 2.99. The van der Waals surface area contributed by atoms with E-state index < -0.39 is 5.97 Å². The van der Waals surface area contributed by atoms with Crippen molar-refractivity contribution in [1.82, 2.24) is 15.0 Å². The van der Waals surface area contributed by atoms with Crippen molar-refractivity contribution in [3.63, 3.8) is 0 Å². The highest BCUT2D eigenvalue weighted by Gasteiger charge is 2.11. The number of nitrogens with one attached hydrogen (secondary N) is 1. The van der Waals surface area contributed by atoms with Gasteiger partial charge in [-0.25, -0.2) is 14.8 Å². The first-order valence-corrected chi connectivity index (χ1v) is 3.72. The second-order valence-electron chi connectivity index (χ2n) is 2.69. The Balaban J connectivity index is 2.79. The second kappa shape index (κ2) is 2.55. The van der Waals surface area contributed by atoms with Crippen LogP contribution >= 0.6 is 0 Å². The van der Waals surface area contributed by atoms with Crippen molar-refractivity contribution >= 4 is 17.0 Å². The average molecular weight is 177 g/mol. The zero-order valence-electron chi connectivity index (χ0n) is 6.90. The highest BCUT2D eigenvalue weighted by atomic mass is 16.4. The number of carboxylic acids is 1. The van der Waals surface area contributed by atoms with E-state index in [9.17, 15) is 4.79 Å². The Morgan fingerprint density at radius 2 is 2.38 bits per heavy atom. The number of fused-ring (bicyclic) bond motifs is 1. The maximum absolute atomic E-state index is 10.7. The van der Waals surface area contributed by atoms with Gasteiger partial charge < -0.3 is 10.1 Å². The van der Waals surface area contributed by atoms with Crippen molar-refractivity contribution in [2.45, 2.75) is 6.92 Å². The maximum atomic E-state index is 10.7. The number of rotatable bonds is 1. The van der Waals surface area contributed by atoms with Gasteiger partial charge in [-0.2, -0.15) is 0 Å². The molecule has 0 atom stereocenters. The number of carbonyl (C=O) groups is 1. The molecule has 5 nitrogen and oxygen atoms in total. The summed E-state index contributed by atoms with van der Waals surface area (Å²) in [6.45, 7) is 1.72. The van der Waals surface area contributed by atoms with Gasteiger partial charge in [0.2, 0.25) is 0 Å². The highest BCUT2D eigenvalue weighted by molar-refractivity contribution is 6.00. The van der Waals surface area contributed by atoms with Gasteiger partial charge in [-0.05, 0) is 6.92 Å². The van der Waals surface area contributed by atoms with Crippen LogP contribution in [0.15, 0.2) is 12.4 Å². The molecule has 66 valence electrons. The molecule has 2 aromatic rings. The van der Waals surface area contributed by atoms with E-state index in [1.54, 1.807) is 13.1 Å². The van der Waals surface area contributed by atoms with Crippen LogP contribution in [0.25, 0.3) is 11.0 Å². The Morgan fingerprint density at radius 3 is 3.08 bits per heavy atom. The van der Waals surface area contributed by atoms with Crippen LogP contribution in [0, 0.1) is 6.92 Å². The molecular formula is C8H7N3O2. The topological polar surface area (TPSA) is 78.9 Å². The standard InChI is InChI=1S/C8H7N3O2/c1-4-9-3-6-7(11-4)5(2-10-6)8(12)13/h2-3,10H,1H3,(H,12,13). The van der Waals surface area contributed by atoms with Crippen LogP contribution in [0.2, 0.25) is 0 Å². The summed E-state index contributed by atoms with van der Waals surface area (Å²) < 4.78 is 0. The number of aromatic carboxylic acids is 1. The molecule has 0 spiro atoms. The Labute approximate surface area is 73.4 Å². The van der Waals surface area contributed by atoms with Gasteiger partial charge in [-0.15, -0.1) is 0 Å². The normalized spacial score (nSPS) is 10.5. The minimum Gasteiger partial charge on any atom is -0.478 e. The van der Waals surface area contributed by atoms with E-state index in [1.807, 2.05) is 0 Å². The Morgan fingerprint density at radius 1 is 1.62 bits per heavy atom. The van der Waals surface area contributed by atoms with Crippen molar-refractivity contribution in [3.05, 3.63) is 23.8 Å². The van der Waals surface area contributed by atoms with Crippen LogP contribution in [-0.2, 0) is 0 Å². The Hall–Kier alpha value is -1.91. The fourth-order valence-electron chi connectivity index (χ4n) is 1.16. The molecule has 5 heteroatoms. The molecule has 0 aliphatic rings. The zero-order valence-corrected chi connectivity index (χ0v) is 6.90. The number of hydrogen-bond acceptors (Lipinski definition) is 3. The molecule has 0 aliphatic carbocycles. The first-order chi connectivity index (χ1) is 6.18. The van der Waals surface area contributed by atoms with E-state index in [4.69, 9.17) is 5.11 Å². The largest absolute Gasteiger partial charge is 0.478 e. The lowest BCUT2D eigenvalue weighted by Gasteiger charge is -1.92. The summed E-state index contributed by atoms with van der Waals surface area (Å²) in [6, 6.07) is 0. The third kappa shape index (κ3) is 1.14. The molecule has 0 bridgehead atoms. The van der Waals surface area contributed by atoms with E-state index in [0.29, 0.717) is 16.9 Å². The molecule has 0 aromatic carbocycles. The summed E-state index contributed by atoms with van der Waals surface area (Å²) in [5.41, 5.74) is 1.28. The van der Waals surface area contributed by atoms with Crippen molar-refractivity contribution in [1.29, 1.82) is 0 Å².